The number of hydrogen-bond donors (Lipinski definition) is 3. The Morgan fingerprint density at radius 1 is 1.14 bits per heavy atom. The lowest BCUT2D eigenvalue weighted by Crippen LogP contribution is -2.26. The lowest BCUT2D eigenvalue weighted by molar-refractivity contribution is -0.120. The van der Waals surface area contributed by atoms with Crippen molar-refractivity contribution in [1.29, 1.82) is 0 Å². The summed E-state index contributed by atoms with van der Waals surface area (Å²) in [5.41, 5.74) is 7.48. The molecule has 2 amide bonds. The summed E-state index contributed by atoms with van der Waals surface area (Å²) in [5.74, 6) is -0.0766. The maximum absolute atomic E-state index is 11.8. The summed E-state index contributed by atoms with van der Waals surface area (Å²) >= 11 is 0. The second kappa shape index (κ2) is 9.13. The number of nitrogens with one attached hydrogen (secondary N) is 2. The molecule has 21 heavy (non-hydrogen) atoms. The minimum Gasteiger partial charge on any atom is -0.356 e. The molecular weight excluding hydrogens is 266 g/mol. The van der Waals surface area contributed by atoms with Gasteiger partial charge in [-0.05, 0) is 31.0 Å². The molecule has 0 saturated carbocycles. The Kier molecular flexibility index (Phi) is 7.46. The summed E-state index contributed by atoms with van der Waals surface area (Å²) < 4.78 is 0. The zero-order valence-electron chi connectivity index (χ0n) is 12.8. The van der Waals surface area contributed by atoms with Crippen molar-refractivity contribution in [3.05, 3.63) is 29.8 Å². The second-order valence-corrected chi connectivity index (χ2v) is 5.13. The van der Waals surface area contributed by atoms with Crippen molar-refractivity contribution >= 4 is 17.5 Å². The van der Waals surface area contributed by atoms with Crippen molar-refractivity contribution in [2.75, 3.05) is 11.9 Å². The highest BCUT2D eigenvalue weighted by molar-refractivity contribution is 5.91. The highest BCUT2D eigenvalue weighted by Crippen LogP contribution is 2.11. The third-order valence-corrected chi connectivity index (χ3v) is 3.08. The molecule has 1 unspecified atom stereocenters. The van der Waals surface area contributed by atoms with Crippen molar-refractivity contribution in [3.63, 3.8) is 0 Å². The van der Waals surface area contributed by atoms with Crippen LogP contribution in [-0.2, 0) is 16.0 Å². The first-order valence-electron chi connectivity index (χ1n) is 7.46. The first kappa shape index (κ1) is 17.2. The minimum atomic E-state index is -0.0907. The fourth-order valence-corrected chi connectivity index (χ4v) is 2.07. The lowest BCUT2D eigenvalue weighted by atomic mass is 10.1. The first-order valence-corrected chi connectivity index (χ1v) is 7.46. The molecule has 0 radical (unpaired) electrons. The van der Waals surface area contributed by atoms with E-state index in [0.717, 1.165) is 24.1 Å². The highest BCUT2D eigenvalue weighted by atomic mass is 16.2. The van der Waals surface area contributed by atoms with E-state index in [-0.39, 0.29) is 17.9 Å². The Labute approximate surface area is 126 Å². The molecule has 0 aliphatic heterocycles. The predicted octanol–water partition coefficient (Wildman–Crippen LogP) is 1.82. The molecule has 0 aliphatic rings. The monoisotopic (exact) mass is 291 g/mol. The Bertz CT molecular complexity index is 457. The van der Waals surface area contributed by atoms with Gasteiger partial charge in [0, 0.05) is 24.7 Å². The third-order valence-electron chi connectivity index (χ3n) is 3.08. The molecule has 1 rings (SSSR count). The highest BCUT2D eigenvalue weighted by Gasteiger charge is 2.09. The molecule has 0 aromatic heterocycles. The Hall–Kier alpha value is -1.88. The molecule has 1 atom stereocenters. The number of hydrogen-bond acceptors (Lipinski definition) is 3. The van der Waals surface area contributed by atoms with Gasteiger partial charge in [0.05, 0.1) is 6.42 Å². The van der Waals surface area contributed by atoms with Crippen molar-refractivity contribution in [3.8, 4) is 0 Å². The van der Waals surface area contributed by atoms with E-state index < -0.39 is 0 Å². The maximum Gasteiger partial charge on any atom is 0.225 e. The molecule has 1 aromatic carbocycles. The van der Waals surface area contributed by atoms with Crippen LogP contribution in [0.5, 0.6) is 0 Å². The first-order chi connectivity index (χ1) is 10.0. The molecular formula is C16H25N3O2. The summed E-state index contributed by atoms with van der Waals surface area (Å²) in [6.45, 7) is 4.57. The average molecular weight is 291 g/mol. The molecule has 5 heteroatoms. The fraction of sp³-hybridized carbons (Fsp3) is 0.500. The van der Waals surface area contributed by atoms with E-state index >= 15 is 0 Å². The van der Waals surface area contributed by atoms with Crippen LogP contribution in [0.2, 0.25) is 0 Å². The number of benzene rings is 1. The van der Waals surface area contributed by atoms with Gasteiger partial charge in [0.2, 0.25) is 11.8 Å². The smallest absolute Gasteiger partial charge is 0.225 e. The average Bonchev–Trinajstić information content (AvgIpc) is 2.41. The van der Waals surface area contributed by atoms with Gasteiger partial charge < -0.3 is 16.4 Å². The maximum atomic E-state index is 11.8. The largest absolute Gasteiger partial charge is 0.356 e. The van der Waals surface area contributed by atoms with Gasteiger partial charge in [0.15, 0.2) is 0 Å². The molecule has 0 heterocycles. The topological polar surface area (TPSA) is 84.2 Å². The van der Waals surface area contributed by atoms with E-state index in [0.29, 0.717) is 19.4 Å². The number of carbonyl (C=O) groups is 2. The van der Waals surface area contributed by atoms with Gasteiger partial charge in [0.25, 0.3) is 0 Å². The van der Waals surface area contributed by atoms with Gasteiger partial charge in [0.1, 0.15) is 0 Å². The molecule has 0 saturated heterocycles. The van der Waals surface area contributed by atoms with Gasteiger partial charge in [-0.25, -0.2) is 0 Å². The van der Waals surface area contributed by atoms with Gasteiger partial charge >= 0.3 is 0 Å². The summed E-state index contributed by atoms with van der Waals surface area (Å²) in [4.78, 5) is 23.3. The zero-order valence-corrected chi connectivity index (χ0v) is 12.8. The van der Waals surface area contributed by atoms with E-state index in [1.165, 1.54) is 0 Å². The molecule has 1 aromatic rings. The van der Waals surface area contributed by atoms with Crippen LogP contribution in [-0.4, -0.2) is 24.4 Å². The molecule has 4 N–H and O–H groups in total. The second-order valence-electron chi connectivity index (χ2n) is 5.13. The summed E-state index contributed by atoms with van der Waals surface area (Å²) in [5, 5.41) is 5.57. The van der Waals surface area contributed by atoms with Crippen LogP contribution in [0.25, 0.3) is 0 Å². The summed E-state index contributed by atoms with van der Waals surface area (Å²) in [6, 6.07) is 7.20. The van der Waals surface area contributed by atoms with Crippen molar-refractivity contribution in [2.45, 2.75) is 45.6 Å². The van der Waals surface area contributed by atoms with Gasteiger partial charge in [-0.2, -0.15) is 0 Å². The van der Waals surface area contributed by atoms with Crippen LogP contribution < -0.4 is 16.4 Å². The molecule has 116 valence electrons. The SMILES string of the molecule is CCCC(N)CC(=O)Nc1ccc(CC(=O)NCC)cc1. The van der Waals surface area contributed by atoms with Crippen LogP contribution in [0.15, 0.2) is 24.3 Å². The van der Waals surface area contributed by atoms with Crippen LogP contribution in [0.3, 0.4) is 0 Å². The Morgan fingerprint density at radius 2 is 1.81 bits per heavy atom. The van der Waals surface area contributed by atoms with E-state index in [1.807, 2.05) is 26.0 Å². The van der Waals surface area contributed by atoms with Crippen LogP contribution in [0, 0.1) is 0 Å². The number of nitrogens with two attached hydrogens (primary N) is 1. The quantitative estimate of drug-likeness (QED) is 0.683. The summed E-state index contributed by atoms with van der Waals surface area (Å²) in [6.07, 6.45) is 2.50. The van der Waals surface area contributed by atoms with Gasteiger partial charge in [-0.15, -0.1) is 0 Å². The van der Waals surface area contributed by atoms with E-state index in [2.05, 4.69) is 10.6 Å². The standard InChI is InChI=1S/C16H25N3O2/c1-3-5-13(17)11-16(21)19-14-8-6-12(7-9-14)10-15(20)18-4-2/h6-9,13H,3-5,10-11,17H2,1-2H3,(H,18,20)(H,19,21). The summed E-state index contributed by atoms with van der Waals surface area (Å²) in [7, 11) is 0. The molecule has 5 nitrogen and oxygen atoms in total. The van der Waals surface area contributed by atoms with Crippen molar-refractivity contribution in [2.24, 2.45) is 5.73 Å². The number of likely N-dealkylation sites (N-methyl/N-ethyl adjacent to an activating group) is 1. The van der Waals surface area contributed by atoms with E-state index in [4.69, 9.17) is 5.73 Å². The van der Waals surface area contributed by atoms with Gasteiger partial charge in [-0.1, -0.05) is 25.5 Å². The van der Waals surface area contributed by atoms with Crippen LogP contribution in [0.4, 0.5) is 5.69 Å². The van der Waals surface area contributed by atoms with Crippen LogP contribution in [0.1, 0.15) is 38.7 Å². The normalized spacial score (nSPS) is 11.8. The predicted molar refractivity (Wildman–Crippen MR) is 85.0 cm³/mol. The lowest BCUT2D eigenvalue weighted by Gasteiger charge is -2.11. The zero-order chi connectivity index (χ0) is 15.7. The number of carbonyl (C=O) groups excluding carboxylic acids is 2. The molecule has 0 fully saturated rings. The van der Waals surface area contributed by atoms with Crippen molar-refractivity contribution in [1.82, 2.24) is 5.32 Å². The molecule has 0 spiro atoms. The van der Waals surface area contributed by atoms with Crippen molar-refractivity contribution < 1.29 is 9.59 Å². The van der Waals surface area contributed by atoms with E-state index in [9.17, 15) is 9.59 Å². The third kappa shape index (κ3) is 6.90. The molecule has 0 aliphatic carbocycles. The molecule has 0 bridgehead atoms. The Morgan fingerprint density at radius 3 is 2.38 bits per heavy atom. The Balaban J connectivity index is 2.47. The number of amides is 2. The fourth-order valence-electron chi connectivity index (χ4n) is 2.07. The number of anilines is 1. The van der Waals surface area contributed by atoms with Crippen LogP contribution >= 0.6 is 0 Å². The van der Waals surface area contributed by atoms with Gasteiger partial charge in [-0.3, -0.25) is 9.59 Å². The number of rotatable bonds is 8. The van der Waals surface area contributed by atoms with E-state index in [1.54, 1.807) is 12.1 Å². The minimum absolute atomic E-state index is 0.000162.